The van der Waals surface area contributed by atoms with Crippen molar-refractivity contribution in [2.24, 2.45) is 0 Å². The van der Waals surface area contributed by atoms with E-state index < -0.39 is 11.6 Å². The molecule has 0 aliphatic carbocycles. The Bertz CT molecular complexity index is 815. The largest absolute Gasteiger partial charge is 0.302 e. The lowest BCUT2D eigenvalue weighted by Crippen LogP contribution is -2.11. The van der Waals surface area contributed by atoms with Crippen molar-refractivity contribution in [2.45, 2.75) is 12.8 Å². The number of anilines is 1. The highest BCUT2D eigenvalue weighted by molar-refractivity contribution is 7.14. The fourth-order valence-electron chi connectivity index (χ4n) is 1.99. The van der Waals surface area contributed by atoms with Crippen LogP contribution < -0.4 is 5.32 Å². The number of amides is 1. The topological polar surface area (TPSA) is 42.0 Å². The molecule has 118 valence electrons. The summed E-state index contributed by atoms with van der Waals surface area (Å²) in [4.78, 5) is 17.3. The molecule has 1 N–H and O–H groups in total. The van der Waals surface area contributed by atoms with E-state index in [-0.39, 0.29) is 5.91 Å². The highest BCUT2D eigenvalue weighted by Gasteiger charge is 2.10. The number of benzene rings is 1. The Labute approximate surface area is 139 Å². The lowest BCUT2D eigenvalue weighted by molar-refractivity contribution is -0.116. The van der Waals surface area contributed by atoms with Crippen LogP contribution in [0.4, 0.5) is 13.9 Å². The van der Waals surface area contributed by atoms with Crippen LogP contribution in [0, 0.1) is 11.6 Å². The van der Waals surface area contributed by atoms with Crippen LogP contribution in [0.15, 0.2) is 41.1 Å². The number of nitrogens with zero attached hydrogens (tertiary/aromatic N) is 1. The minimum Gasteiger partial charge on any atom is -0.302 e. The van der Waals surface area contributed by atoms with Gasteiger partial charge in [-0.2, -0.15) is 0 Å². The molecule has 3 aromatic rings. The third-order valence-corrected chi connectivity index (χ3v) is 4.84. The number of rotatable bonds is 5. The Morgan fingerprint density at radius 2 is 2.04 bits per heavy atom. The molecular weight excluding hydrogens is 338 g/mol. The molecule has 23 heavy (non-hydrogen) atoms. The number of hydrogen-bond donors (Lipinski definition) is 1. The van der Waals surface area contributed by atoms with Crippen LogP contribution in [-0.2, 0) is 11.2 Å². The molecule has 0 atom stereocenters. The van der Waals surface area contributed by atoms with E-state index in [9.17, 15) is 13.6 Å². The van der Waals surface area contributed by atoms with Crippen molar-refractivity contribution in [1.29, 1.82) is 0 Å². The molecule has 0 spiro atoms. The first-order valence-electron chi connectivity index (χ1n) is 6.85. The predicted molar refractivity (Wildman–Crippen MR) is 88.7 cm³/mol. The predicted octanol–water partition coefficient (Wildman–Crippen LogP) is 4.72. The minimum absolute atomic E-state index is 0.121. The maximum Gasteiger partial charge on any atom is 0.226 e. The number of hydrogen-bond acceptors (Lipinski definition) is 4. The Hall–Kier alpha value is -2.12. The zero-order chi connectivity index (χ0) is 16.2. The second kappa shape index (κ2) is 6.97. The number of carbonyl (C=O) groups excluding carboxylic acids is 1. The normalized spacial score (nSPS) is 10.7. The van der Waals surface area contributed by atoms with Crippen LogP contribution in [-0.4, -0.2) is 10.9 Å². The van der Waals surface area contributed by atoms with Gasteiger partial charge < -0.3 is 5.32 Å². The van der Waals surface area contributed by atoms with E-state index in [1.807, 2.05) is 17.5 Å². The molecule has 3 rings (SSSR count). The van der Waals surface area contributed by atoms with Crippen molar-refractivity contribution in [3.8, 4) is 11.3 Å². The number of aromatic nitrogens is 1. The van der Waals surface area contributed by atoms with E-state index in [1.54, 1.807) is 16.7 Å². The Kier molecular flexibility index (Phi) is 4.78. The molecule has 2 heterocycles. The van der Waals surface area contributed by atoms with Crippen molar-refractivity contribution < 1.29 is 13.6 Å². The minimum atomic E-state index is -0.919. The van der Waals surface area contributed by atoms with E-state index in [2.05, 4.69) is 10.3 Å². The third-order valence-electron chi connectivity index (χ3n) is 3.14. The molecule has 0 bridgehead atoms. The highest BCUT2D eigenvalue weighted by Crippen LogP contribution is 2.26. The van der Waals surface area contributed by atoms with Crippen molar-refractivity contribution in [3.05, 3.63) is 57.6 Å². The molecule has 0 saturated heterocycles. The van der Waals surface area contributed by atoms with Crippen LogP contribution in [0.1, 0.15) is 11.3 Å². The van der Waals surface area contributed by atoms with Crippen molar-refractivity contribution >= 4 is 33.7 Å². The van der Waals surface area contributed by atoms with Gasteiger partial charge in [0, 0.05) is 22.2 Å². The molecule has 7 heteroatoms. The highest BCUT2D eigenvalue weighted by atomic mass is 32.1. The van der Waals surface area contributed by atoms with E-state index in [0.29, 0.717) is 29.2 Å². The molecule has 1 amide bonds. The van der Waals surface area contributed by atoms with Crippen LogP contribution in [0.3, 0.4) is 0 Å². The van der Waals surface area contributed by atoms with Gasteiger partial charge in [-0.15, -0.1) is 22.7 Å². The van der Waals surface area contributed by atoms with E-state index in [0.717, 1.165) is 17.0 Å². The zero-order valence-corrected chi connectivity index (χ0v) is 13.5. The number of halogens is 2. The summed E-state index contributed by atoms with van der Waals surface area (Å²) < 4.78 is 26.2. The molecule has 0 unspecified atom stereocenters. The van der Waals surface area contributed by atoms with Gasteiger partial charge in [0.2, 0.25) is 5.91 Å². The molecule has 1 aromatic carbocycles. The quantitative estimate of drug-likeness (QED) is 0.723. The summed E-state index contributed by atoms with van der Waals surface area (Å²) in [6, 6.07) is 7.54. The molecule has 0 radical (unpaired) electrons. The van der Waals surface area contributed by atoms with Crippen LogP contribution in [0.5, 0.6) is 0 Å². The van der Waals surface area contributed by atoms with Gasteiger partial charge >= 0.3 is 0 Å². The molecule has 3 nitrogen and oxygen atoms in total. The fourth-order valence-corrected chi connectivity index (χ4v) is 3.44. The summed E-state index contributed by atoms with van der Waals surface area (Å²) in [7, 11) is 0. The number of aryl methyl sites for hydroxylation is 1. The summed E-state index contributed by atoms with van der Waals surface area (Å²) in [6.07, 6.45) is 1.06. The maximum atomic E-state index is 13.2. The van der Waals surface area contributed by atoms with Crippen LogP contribution in [0.2, 0.25) is 0 Å². The first-order chi connectivity index (χ1) is 11.1. The van der Waals surface area contributed by atoms with Crippen LogP contribution >= 0.6 is 22.7 Å². The lowest BCUT2D eigenvalue weighted by Gasteiger charge is -2.01. The second-order valence-electron chi connectivity index (χ2n) is 4.79. The number of carbonyl (C=O) groups is 1. The van der Waals surface area contributed by atoms with Gasteiger partial charge in [0.15, 0.2) is 16.8 Å². The smallest absolute Gasteiger partial charge is 0.226 e. The Morgan fingerprint density at radius 3 is 2.78 bits per heavy atom. The third kappa shape index (κ3) is 4.00. The van der Waals surface area contributed by atoms with Gasteiger partial charge in [-0.1, -0.05) is 6.07 Å². The van der Waals surface area contributed by atoms with Gasteiger partial charge in [-0.3, -0.25) is 4.79 Å². The molecule has 0 saturated carbocycles. The lowest BCUT2D eigenvalue weighted by atomic mass is 10.2. The maximum absolute atomic E-state index is 13.2. The summed E-state index contributed by atoms with van der Waals surface area (Å²) in [5.41, 5.74) is 0.974. The Morgan fingerprint density at radius 1 is 1.17 bits per heavy atom. The first kappa shape index (κ1) is 15.8. The molecule has 2 aromatic heterocycles. The van der Waals surface area contributed by atoms with Crippen molar-refractivity contribution in [1.82, 2.24) is 4.98 Å². The second-order valence-corrected chi connectivity index (χ2v) is 6.68. The van der Waals surface area contributed by atoms with Crippen molar-refractivity contribution in [2.75, 3.05) is 5.32 Å². The number of thiophene rings is 1. The average molecular weight is 350 g/mol. The van der Waals surface area contributed by atoms with Gasteiger partial charge in [0.1, 0.15) is 0 Å². The van der Waals surface area contributed by atoms with Crippen LogP contribution in [0.25, 0.3) is 11.3 Å². The number of nitrogens with one attached hydrogen (secondary N) is 1. The summed E-state index contributed by atoms with van der Waals surface area (Å²) in [5, 5.41) is 6.84. The fraction of sp³-hybridized carbons (Fsp3) is 0.125. The molecule has 0 fully saturated rings. The van der Waals surface area contributed by atoms with Gasteiger partial charge in [-0.25, -0.2) is 13.8 Å². The Balaban J connectivity index is 1.62. The monoisotopic (exact) mass is 350 g/mol. The number of thiazole rings is 1. The standard InChI is InChI=1S/C16H12F2N2OS2/c17-12-5-3-10(8-13(12)18)14-9-23-16(19-14)20-15(21)6-4-11-2-1-7-22-11/h1-3,5,7-9H,4,6H2,(H,19,20,21). The zero-order valence-electron chi connectivity index (χ0n) is 11.9. The average Bonchev–Trinajstić information content (AvgIpc) is 3.19. The van der Waals surface area contributed by atoms with Gasteiger partial charge in [-0.05, 0) is 36.1 Å². The van der Waals surface area contributed by atoms with E-state index in [1.165, 1.54) is 17.4 Å². The van der Waals surface area contributed by atoms with E-state index >= 15 is 0 Å². The molecule has 0 aliphatic rings. The van der Waals surface area contributed by atoms with Gasteiger partial charge in [0.25, 0.3) is 0 Å². The van der Waals surface area contributed by atoms with Gasteiger partial charge in [0.05, 0.1) is 5.69 Å². The first-order valence-corrected chi connectivity index (χ1v) is 8.61. The SMILES string of the molecule is O=C(CCc1cccs1)Nc1nc(-c2ccc(F)c(F)c2)cs1. The van der Waals surface area contributed by atoms with E-state index in [4.69, 9.17) is 0 Å². The summed E-state index contributed by atoms with van der Waals surface area (Å²) in [6.45, 7) is 0. The molecular formula is C16H12F2N2OS2. The van der Waals surface area contributed by atoms with Crippen molar-refractivity contribution in [3.63, 3.8) is 0 Å². The summed E-state index contributed by atoms with van der Waals surface area (Å²) in [5.74, 6) is -1.94. The summed E-state index contributed by atoms with van der Waals surface area (Å²) >= 11 is 2.87. The molecule has 0 aliphatic heterocycles.